The van der Waals surface area contributed by atoms with Gasteiger partial charge >= 0.3 is 0 Å². The number of aromatic amines is 1. The van der Waals surface area contributed by atoms with Crippen molar-refractivity contribution >= 4 is 5.69 Å². The van der Waals surface area contributed by atoms with Crippen molar-refractivity contribution in [1.29, 1.82) is 0 Å². The number of aromatic nitrogens is 2. The molecule has 0 aliphatic carbocycles. The summed E-state index contributed by atoms with van der Waals surface area (Å²) in [6, 6.07) is 9.62. The first-order valence-corrected chi connectivity index (χ1v) is 4.80. The minimum Gasteiger partial charge on any atom is -0.392 e. The number of aliphatic hydroxyl groups excluding tert-OH is 1. The Morgan fingerprint density at radius 1 is 1.33 bits per heavy atom. The summed E-state index contributed by atoms with van der Waals surface area (Å²) in [4.78, 5) is 0. The van der Waals surface area contributed by atoms with Crippen LogP contribution in [-0.4, -0.2) is 15.3 Å². The average molecular weight is 203 g/mol. The summed E-state index contributed by atoms with van der Waals surface area (Å²) < 4.78 is 0. The van der Waals surface area contributed by atoms with Gasteiger partial charge in [-0.05, 0) is 23.8 Å². The van der Waals surface area contributed by atoms with Crippen molar-refractivity contribution in [3.8, 4) is 0 Å². The Kier molecular flexibility index (Phi) is 2.99. The van der Waals surface area contributed by atoms with Gasteiger partial charge in [0.1, 0.15) is 0 Å². The third-order valence-electron chi connectivity index (χ3n) is 2.15. The highest BCUT2D eigenvalue weighted by molar-refractivity contribution is 5.45. The summed E-state index contributed by atoms with van der Waals surface area (Å²) in [5, 5.41) is 18.9. The van der Waals surface area contributed by atoms with Gasteiger partial charge in [-0.2, -0.15) is 5.10 Å². The van der Waals surface area contributed by atoms with Crippen molar-refractivity contribution in [1.82, 2.24) is 10.2 Å². The molecule has 0 aliphatic heterocycles. The summed E-state index contributed by atoms with van der Waals surface area (Å²) in [5.74, 6) is 0. The average Bonchev–Trinajstić information content (AvgIpc) is 2.79. The van der Waals surface area contributed by atoms with Crippen LogP contribution in [0, 0.1) is 0 Å². The molecule has 0 saturated carbocycles. The van der Waals surface area contributed by atoms with Crippen molar-refractivity contribution in [3.05, 3.63) is 47.8 Å². The van der Waals surface area contributed by atoms with Gasteiger partial charge in [-0.15, -0.1) is 0 Å². The second kappa shape index (κ2) is 4.61. The van der Waals surface area contributed by atoms with Gasteiger partial charge < -0.3 is 10.4 Å². The molecule has 4 heteroatoms. The highest BCUT2D eigenvalue weighted by Gasteiger charge is 1.96. The molecule has 0 aliphatic rings. The topological polar surface area (TPSA) is 60.9 Å². The van der Waals surface area contributed by atoms with Gasteiger partial charge in [0.05, 0.1) is 18.8 Å². The minimum atomic E-state index is 0.0690. The predicted molar refractivity (Wildman–Crippen MR) is 58.3 cm³/mol. The van der Waals surface area contributed by atoms with Gasteiger partial charge in [0.25, 0.3) is 0 Å². The molecule has 0 spiro atoms. The maximum atomic E-state index is 8.97. The van der Waals surface area contributed by atoms with Crippen molar-refractivity contribution in [2.75, 3.05) is 5.32 Å². The molecule has 2 aromatic rings. The van der Waals surface area contributed by atoms with Crippen LogP contribution in [0.2, 0.25) is 0 Å². The van der Waals surface area contributed by atoms with Crippen molar-refractivity contribution in [2.24, 2.45) is 0 Å². The highest BCUT2D eigenvalue weighted by Crippen LogP contribution is 2.11. The second-order valence-electron chi connectivity index (χ2n) is 3.29. The van der Waals surface area contributed by atoms with E-state index in [1.807, 2.05) is 30.3 Å². The van der Waals surface area contributed by atoms with Crippen LogP contribution in [0.5, 0.6) is 0 Å². The smallest absolute Gasteiger partial charge is 0.0682 e. The Morgan fingerprint density at radius 2 is 2.27 bits per heavy atom. The molecule has 4 nitrogen and oxygen atoms in total. The Balaban J connectivity index is 1.98. The van der Waals surface area contributed by atoms with Gasteiger partial charge in [-0.3, -0.25) is 5.10 Å². The summed E-state index contributed by atoms with van der Waals surface area (Å²) in [6.45, 7) is 0.772. The van der Waals surface area contributed by atoms with E-state index in [1.54, 1.807) is 6.20 Å². The fraction of sp³-hybridized carbons (Fsp3) is 0.182. The first-order valence-electron chi connectivity index (χ1n) is 4.80. The number of hydrogen-bond donors (Lipinski definition) is 3. The molecule has 0 bridgehead atoms. The molecule has 78 valence electrons. The van der Waals surface area contributed by atoms with Crippen LogP contribution in [0.15, 0.2) is 36.5 Å². The molecule has 1 aromatic heterocycles. The number of rotatable bonds is 4. The van der Waals surface area contributed by atoms with Crippen LogP contribution < -0.4 is 5.32 Å². The molecule has 15 heavy (non-hydrogen) atoms. The molecule has 1 heterocycles. The van der Waals surface area contributed by atoms with E-state index in [1.165, 1.54) is 0 Å². The molecule has 2 rings (SSSR count). The maximum Gasteiger partial charge on any atom is 0.0682 e. The Hall–Kier alpha value is -1.81. The maximum absolute atomic E-state index is 8.97. The van der Waals surface area contributed by atoms with Crippen LogP contribution in [-0.2, 0) is 13.2 Å². The van der Waals surface area contributed by atoms with E-state index in [0.29, 0.717) is 6.54 Å². The monoisotopic (exact) mass is 203 g/mol. The minimum absolute atomic E-state index is 0.0690. The van der Waals surface area contributed by atoms with Crippen molar-refractivity contribution in [2.45, 2.75) is 13.2 Å². The summed E-state index contributed by atoms with van der Waals surface area (Å²) in [6.07, 6.45) is 1.72. The number of nitrogens with one attached hydrogen (secondary N) is 2. The van der Waals surface area contributed by atoms with Crippen LogP contribution in [0.25, 0.3) is 0 Å². The molecular formula is C11H13N3O. The Labute approximate surface area is 88.0 Å². The van der Waals surface area contributed by atoms with Gasteiger partial charge in [0.2, 0.25) is 0 Å². The fourth-order valence-corrected chi connectivity index (χ4v) is 1.36. The zero-order valence-electron chi connectivity index (χ0n) is 8.27. The third-order valence-corrected chi connectivity index (χ3v) is 2.15. The second-order valence-corrected chi connectivity index (χ2v) is 3.29. The standard InChI is InChI=1S/C11H13N3O/c15-8-9-2-1-3-10(6-9)12-7-11-4-5-13-14-11/h1-6,12,15H,7-8H2,(H,13,14). The summed E-state index contributed by atoms with van der Waals surface area (Å²) in [7, 11) is 0. The first kappa shape index (κ1) is 9.73. The molecule has 0 radical (unpaired) electrons. The fourth-order valence-electron chi connectivity index (χ4n) is 1.36. The number of anilines is 1. The quantitative estimate of drug-likeness (QED) is 0.706. The first-order chi connectivity index (χ1) is 7.38. The number of aliphatic hydroxyl groups is 1. The molecule has 0 fully saturated rings. The van der Waals surface area contributed by atoms with Crippen LogP contribution in [0.1, 0.15) is 11.3 Å². The number of benzene rings is 1. The van der Waals surface area contributed by atoms with Crippen LogP contribution >= 0.6 is 0 Å². The van der Waals surface area contributed by atoms with Crippen molar-refractivity contribution in [3.63, 3.8) is 0 Å². The molecule has 0 saturated heterocycles. The normalized spacial score (nSPS) is 10.2. The lowest BCUT2D eigenvalue weighted by molar-refractivity contribution is 0.282. The summed E-state index contributed by atoms with van der Waals surface area (Å²) in [5.41, 5.74) is 2.94. The lowest BCUT2D eigenvalue weighted by Crippen LogP contribution is -2.00. The van der Waals surface area contributed by atoms with Gasteiger partial charge in [0, 0.05) is 11.9 Å². The molecule has 0 unspecified atom stereocenters. The van der Waals surface area contributed by atoms with Crippen LogP contribution in [0.4, 0.5) is 5.69 Å². The van der Waals surface area contributed by atoms with Crippen LogP contribution in [0.3, 0.4) is 0 Å². The van der Waals surface area contributed by atoms with E-state index in [9.17, 15) is 0 Å². The Morgan fingerprint density at radius 3 is 3.00 bits per heavy atom. The third kappa shape index (κ3) is 2.57. The molecule has 0 atom stereocenters. The van der Waals surface area contributed by atoms with E-state index in [4.69, 9.17) is 5.11 Å². The van der Waals surface area contributed by atoms with E-state index >= 15 is 0 Å². The molecule has 1 aromatic carbocycles. The number of H-pyrrole nitrogens is 1. The van der Waals surface area contributed by atoms with Gasteiger partial charge in [0.15, 0.2) is 0 Å². The lowest BCUT2D eigenvalue weighted by atomic mass is 10.2. The van der Waals surface area contributed by atoms with Gasteiger partial charge in [-0.1, -0.05) is 12.1 Å². The largest absolute Gasteiger partial charge is 0.392 e. The van der Waals surface area contributed by atoms with E-state index in [0.717, 1.165) is 16.9 Å². The predicted octanol–water partition coefficient (Wildman–Crippen LogP) is 1.51. The zero-order chi connectivity index (χ0) is 10.5. The lowest BCUT2D eigenvalue weighted by Gasteiger charge is -2.05. The van der Waals surface area contributed by atoms with E-state index in [-0.39, 0.29) is 6.61 Å². The number of nitrogens with zero attached hydrogens (tertiary/aromatic N) is 1. The SMILES string of the molecule is OCc1cccc(NCc2ccn[nH]2)c1. The molecule has 0 amide bonds. The van der Waals surface area contributed by atoms with Gasteiger partial charge in [-0.25, -0.2) is 0 Å². The highest BCUT2D eigenvalue weighted by atomic mass is 16.3. The van der Waals surface area contributed by atoms with E-state index < -0.39 is 0 Å². The Bertz CT molecular complexity index is 412. The van der Waals surface area contributed by atoms with Crippen molar-refractivity contribution < 1.29 is 5.11 Å². The number of hydrogen-bond acceptors (Lipinski definition) is 3. The molecule has 3 N–H and O–H groups in total. The zero-order valence-corrected chi connectivity index (χ0v) is 8.27. The molecular weight excluding hydrogens is 190 g/mol. The summed E-state index contributed by atoms with van der Waals surface area (Å²) >= 11 is 0. The van der Waals surface area contributed by atoms with E-state index in [2.05, 4.69) is 15.5 Å².